The molecule has 0 unspecified atom stereocenters. The molecule has 2 rings (SSSR count). The molecule has 0 aliphatic carbocycles. The van der Waals surface area contributed by atoms with Gasteiger partial charge in [0.25, 0.3) is 0 Å². The van der Waals surface area contributed by atoms with E-state index in [-0.39, 0.29) is 0 Å². The number of pyridine rings is 1. The van der Waals surface area contributed by atoms with E-state index in [4.69, 9.17) is 4.98 Å². The largest absolute Gasteiger partial charge is 0.369 e. The normalized spacial score (nSPS) is 11.6. The van der Waals surface area contributed by atoms with Crippen LogP contribution in [0.3, 0.4) is 0 Å². The summed E-state index contributed by atoms with van der Waals surface area (Å²) in [7, 11) is 0. The second-order valence-electron chi connectivity index (χ2n) is 6.07. The van der Waals surface area contributed by atoms with Crippen LogP contribution in [0.2, 0.25) is 0 Å². The van der Waals surface area contributed by atoms with Gasteiger partial charge in [-0.25, -0.2) is 0 Å². The highest BCUT2D eigenvalue weighted by atomic mass is 15.1. The van der Waals surface area contributed by atoms with Crippen LogP contribution in [0.25, 0.3) is 10.9 Å². The lowest BCUT2D eigenvalue weighted by molar-refractivity contribution is 0.582. The summed E-state index contributed by atoms with van der Waals surface area (Å²) in [6.07, 6.45) is 0. The van der Waals surface area contributed by atoms with Crippen molar-refractivity contribution in [3.05, 3.63) is 36.0 Å². The molecule has 2 aromatic rings. The quantitative estimate of drug-likeness (QED) is 0.870. The molecule has 1 aromatic carbocycles. The Bertz CT molecular complexity index is 590. The Hall–Kier alpha value is -1.61. The van der Waals surface area contributed by atoms with Crippen LogP contribution in [0, 0.1) is 0 Å². The molecule has 1 aromatic heterocycles. The van der Waals surface area contributed by atoms with Gasteiger partial charge in [-0.3, -0.25) is 4.98 Å². The fourth-order valence-corrected chi connectivity index (χ4v) is 2.66. The number of anilines is 1. The number of para-hydroxylation sites is 1. The van der Waals surface area contributed by atoms with Crippen LogP contribution in [-0.2, 0) is 6.54 Å². The molecule has 0 saturated carbocycles. The van der Waals surface area contributed by atoms with Crippen LogP contribution in [-0.4, -0.2) is 23.6 Å². The Balaban J connectivity index is 2.49. The molecule has 0 radical (unpaired) electrons. The fraction of sp³-hybridized carbons (Fsp3) is 0.500. The lowest BCUT2D eigenvalue weighted by Crippen LogP contribution is -2.31. The molecule has 0 aliphatic rings. The van der Waals surface area contributed by atoms with Crippen molar-refractivity contribution < 1.29 is 0 Å². The van der Waals surface area contributed by atoms with Crippen LogP contribution in [0.1, 0.15) is 40.3 Å². The predicted octanol–water partition coefficient (Wildman–Crippen LogP) is 3.97. The summed E-state index contributed by atoms with van der Waals surface area (Å²) in [5.74, 6) is 0. The van der Waals surface area contributed by atoms with Crippen molar-refractivity contribution in [3.8, 4) is 0 Å². The van der Waals surface area contributed by atoms with E-state index < -0.39 is 0 Å². The molecular formula is C18H27N3. The van der Waals surface area contributed by atoms with Gasteiger partial charge in [0, 0.05) is 36.2 Å². The molecule has 1 N–H and O–H groups in total. The van der Waals surface area contributed by atoms with Gasteiger partial charge in [-0.2, -0.15) is 0 Å². The summed E-state index contributed by atoms with van der Waals surface area (Å²) in [6, 6.07) is 11.6. The van der Waals surface area contributed by atoms with Gasteiger partial charge in [-0.1, -0.05) is 32.0 Å². The number of nitrogens with one attached hydrogen (secondary N) is 1. The summed E-state index contributed by atoms with van der Waals surface area (Å²) in [4.78, 5) is 7.23. The number of fused-ring (bicyclic) bond motifs is 1. The third kappa shape index (κ3) is 3.73. The average molecular weight is 285 g/mol. The second-order valence-corrected chi connectivity index (χ2v) is 6.07. The van der Waals surface area contributed by atoms with Crippen molar-refractivity contribution in [1.82, 2.24) is 10.3 Å². The third-order valence-corrected chi connectivity index (χ3v) is 3.71. The minimum atomic E-state index is 0.467. The highest BCUT2D eigenvalue weighted by Crippen LogP contribution is 2.28. The van der Waals surface area contributed by atoms with E-state index in [9.17, 15) is 0 Å². The van der Waals surface area contributed by atoms with Gasteiger partial charge in [0.2, 0.25) is 0 Å². The van der Waals surface area contributed by atoms with Crippen molar-refractivity contribution in [2.75, 3.05) is 11.4 Å². The van der Waals surface area contributed by atoms with Crippen LogP contribution in [0.4, 0.5) is 5.69 Å². The summed E-state index contributed by atoms with van der Waals surface area (Å²) >= 11 is 0. The van der Waals surface area contributed by atoms with Crippen LogP contribution in [0.5, 0.6) is 0 Å². The van der Waals surface area contributed by atoms with Gasteiger partial charge >= 0.3 is 0 Å². The highest BCUT2D eigenvalue weighted by Gasteiger charge is 2.14. The van der Waals surface area contributed by atoms with Gasteiger partial charge in [0.05, 0.1) is 11.2 Å². The standard InChI is InChI=1S/C18H27N3/c1-6-21(14(4)5)18-11-15(12-19-13(2)3)20-17-10-8-7-9-16(17)18/h7-11,13-14,19H,6,12H2,1-5H3. The summed E-state index contributed by atoms with van der Waals surface area (Å²) in [5, 5.41) is 4.70. The number of benzene rings is 1. The summed E-state index contributed by atoms with van der Waals surface area (Å²) in [5.41, 5.74) is 3.48. The molecule has 0 spiro atoms. The van der Waals surface area contributed by atoms with E-state index in [0.717, 1.165) is 24.3 Å². The predicted molar refractivity (Wildman–Crippen MR) is 91.9 cm³/mol. The molecule has 21 heavy (non-hydrogen) atoms. The van der Waals surface area contributed by atoms with Gasteiger partial charge < -0.3 is 10.2 Å². The van der Waals surface area contributed by atoms with Gasteiger partial charge in [-0.05, 0) is 32.9 Å². The average Bonchev–Trinajstić information content (AvgIpc) is 2.45. The third-order valence-electron chi connectivity index (χ3n) is 3.71. The maximum Gasteiger partial charge on any atom is 0.0726 e. The summed E-state index contributed by atoms with van der Waals surface area (Å²) < 4.78 is 0. The minimum Gasteiger partial charge on any atom is -0.369 e. The van der Waals surface area contributed by atoms with E-state index in [1.165, 1.54) is 11.1 Å². The SMILES string of the molecule is CCN(c1cc(CNC(C)C)nc2ccccc12)C(C)C. The molecule has 114 valence electrons. The first-order chi connectivity index (χ1) is 10.0. The Morgan fingerprint density at radius 3 is 2.48 bits per heavy atom. The second kappa shape index (κ2) is 6.90. The van der Waals surface area contributed by atoms with Crippen LogP contribution >= 0.6 is 0 Å². The zero-order valence-corrected chi connectivity index (χ0v) is 13.9. The monoisotopic (exact) mass is 285 g/mol. The van der Waals surface area contributed by atoms with Crippen LogP contribution < -0.4 is 10.2 Å². The molecule has 0 aliphatic heterocycles. The Kier molecular flexibility index (Phi) is 5.18. The molecule has 0 amide bonds. The van der Waals surface area contributed by atoms with Crippen molar-refractivity contribution >= 4 is 16.6 Å². The lowest BCUT2D eigenvalue weighted by atomic mass is 10.1. The molecule has 0 bridgehead atoms. The first-order valence-electron chi connectivity index (χ1n) is 7.91. The molecular weight excluding hydrogens is 258 g/mol. The van der Waals surface area contributed by atoms with E-state index in [2.05, 4.69) is 75.2 Å². The first kappa shape index (κ1) is 15.8. The van der Waals surface area contributed by atoms with E-state index in [0.29, 0.717) is 12.1 Å². The Morgan fingerprint density at radius 1 is 1.14 bits per heavy atom. The zero-order chi connectivity index (χ0) is 15.4. The molecule has 3 heteroatoms. The van der Waals surface area contributed by atoms with Gasteiger partial charge in [0.15, 0.2) is 0 Å². The number of hydrogen-bond acceptors (Lipinski definition) is 3. The van der Waals surface area contributed by atoms with Gasteiger partial charge in [0.1, 0.15) is 0 Å². The topological polar surface area (TPSA) is 28.2 Å². The number of rotatable bonds is 6. The van der Waals surface area contributed by atoms with Crippen molar-refractivity contribution in [2.24, 2.45) is 0 Å². The smallest absolute Gasteiger partial charge is 0.0726 e. The summed E-state index contributed by atoms with van der Waals surface area (Å²) in [6.45, 7) is 12.8. The molecule has 0 atom stereocenters. The first-order valence-corrected chi connectivity index (χ1v) is 7.91. The minimum absolute atomic E-state index is 0.467. The van der Waals surface area contributed by atoms with E-state index >= 15 is 0 Å². The number of aromatic nitrogens is 1. The molecule has 0 saturated heterocycles. The van der Waals surface area contributed by atoms with E-state index in [1.54, 1.807) is 0 Å². The lowest BCUT2D eigenvalue weighted by Gasteiger charge is -2.29. The van der Waals surface area contributed by atoms with Crippen molar-refractivity contribution in [3.63, 3.8) is 0 Å². The number of hydrogen-bond donors (Lipinski definition) is 1. The number of nitrogens with zero attached hydrogens (tertiary/aromatic N) is 2. The Labute approximate surface area is 128 Å². The highest BCUT2D eigenvalue weighted by molar-refractivity contribution is 5.92. The molecule has 1 heterocycles. The van der Waals surface area contributed by atoms with Crippen molar-refractivity contribution in [2.45, 2.75) is 53.2 Å². The van der Waals surface area contributed by atoms with Gasteiger partial charge in [-0.15, -0.1) is 0 Å². The van der Waals surface area contributed by atoms with E-state index in [1.807, 2.05) is 0 Å². The van der Waals surface area contributed by atoms with Crippen LogP contribution in [0.15, 0.2) is 30.3 Å². The molecule has 3 nitrogen and oxygen atoms in total. The maximum absolute atomic E-state index is 4.79. The maximum atomic E-state index is 4.79. The van der Waals surface area contributed by atoms with Crippen molar-refractivity contribution in [1.29, 1.82) is 0 Å². The fourth-order valence-electron chi connectivity index (χ4n) is 2.66. The Morgan fingerprint density at radius 2 is 1.86 bits per heavy atom. The zero-order valence-electron chi connectivity index (χ0n) is 13.9. The molecule has 0 fully saturated rings.